The molecule has 0 amide bonds. The fraction of sp³-hybridized carbons (Fsp3) is 0.577. The van der Waals surface area contributed by atoms with Crippen molar-refractivity contribution < 1.29 is 36.5 Å². The van der Waals surface area contributed by atoms with Crippen LogP contribution >= 0.6 is 27.5 Å². The van der Waals surface area contributed by atoms with Crippen LogP contribution in [0.25, 0.3) is 0 Å². The molecule has 3 fully saturated rings. The Morgan fingerprint density at radius 3 is 2.56 bits per heavy atom. The monoisotopic (exact) mass is 693 g/mol. The molecule has 2 aliphatic heterocycles. The maximum atomic E-state index is 13.1. The van der Waals surface area contributed by atoms with Gasteiger partial charge in [0.25, 0.3) is 0 Å². The van der Waals surface area contributed by atoms with Crippen LogP contribution in [0.5, 0.6) is 5.75 Å². The minimum Gasteiger partial charge on any atom is -0.491 e. The first kappa shape index (κ1) is 31.1. The minimum absolute atomic E-state index is 0.00842. The van der Waals surface area contributed by atoms with E-state index in [0.717, 1.165) is 0 Å². The van der Waals surface area contributed by atoms with Crippen LogP contribution in [0.2, 0.25) is 5.15 Å². The van der Waals surface area contributed by atoms with Crippen molar-refractivity contribution in [2.75, 3.05) is 39.5 Å². The van der Waals surface area contributed by atoms with Gasteiger partial charge in [-0.3, -0.25) is 0 Å². The maximum absolute atomic E-state index is 13.1. The molecule has 3 aliphatic rings. The van der Waals surface area contributed by atoms with Gasteiger partial charge in [-0.25, -0.2) is 21.8 Å². The number of sulfonamides is 1. The second kappa shape index (κ2) is 12.0. The van der Waals surface area contributed by atoms with Crippen molar-refractivity contribution in [3.05, 3.63) is 46.2 Å². The van der Waals surface area contributed by atoms with Gasteiger partial charge in [-0.2, -0.15) is 4.31 Å². The molecule has 2 atom stereocenters. The van der Waals surface area contributed by atoms with E-state index in [1.807, 2.05) is 0 Å². The highest BCUT2D eigenvalue weighted by Gasteiger charge is 2.54. The van der Waals surface area contributed by atoms with Crippen LogP contribution in [0.15, 0.2) is 50.8 Å². The summed E-state index contributed by atoms with van der Waals surface area (Å²) in [5, 5.41) is 23.5. The summed E-state index contributed by atoms with van der Waals surface area (Å²) in [5.41, 5.74) is -0.427. The van der Waals surface area contributed by atoms with Crippen LogP contribution in [-0.4, -0.2) is 98.3 Å². The molecule has 11 nitrogen and oxygen atoms in total. The summed E-state index contributed by atoms with van der Waals surface area (Å²) in [6.07, 6.45) is 3.07. The third kappa shape index (κ3) is 6.46. The molecular formula is C26H33BrClN3O8S2. The molecule has 2 aromatic rings. The van der Waals surface area contributed by atoms with E-state index in [9.17, 15) is 27.0 Å². The molecule has 226 valence electrons. The second-order valence-corrected chi connectivity index (χ2v) is 16.4. The summed E-state index contributed by atoms with van der Waals surface area (Å²) in [6.45, 7) is 0.881. The Bertz CT molecular complexity index is 1480. The summed E-state index contributed by atoms with van der Waals surface area (Å²) in [5.74, 6) is 0.325. The Labute approximate surface area is 253 Å². The lowest BCUT2D eigenvalue weighted by Crippen LogP contribution is -2.47. The van der Waals surface area contributed by atoms with Crippen molar-refractivity contribution in [3.63, 3.8) is 0 Å². The van der Waals surface area contributed by atoms with Crippen LogP contribution in [0, 0.1) is 0 Å². The summed E-state index contributed by atoms with van der Waals surface area (Å²) >= 11 is 9.13. The first-order valence-electron chi connectivity index (χ1n) is 13.3. The lowest BCUT2D eigenvalue weighted by atomic mass is 9.88. The molecule has 1 aliphatic carbocycles. The van der Waals surface area contributed by atoms with Gasteiger partial charge in [0.2, 0.25) is 10.0 Å². The Hall–Kier alpha value is -1.36. The van der Waals surface area contributed by atoms with Crippen molar-refractivity contribution in [1.82, 2.24) is 14.6 Å². The van der Waals surface area contributed by atoms with E-state index < -0.39 is 42.9 Å². The molecule has 3 heterocycles. The summed E-state index contributed by atoms with van der Waals surface area (Å²) in [4.78, 5) is 4.11. The number of piperidine rings is 1. The van der Waals surface area contributed by atoms with Crippen LogP contribution in [-0.2, 0) is 24.6 Å². The topological polar surface area (TPSA) is 155 Å². The highest BCUT2D eigenvalue weighted by molar-refractivity contribution is 9.10. The molecule has 5 rings (SSSR count). The Morgan fingerprint density at radius 2 is 1.90 bits per heavy atom. The Kier molecular flexibility index (Phi) is 9.07. The van der Waals surface area contributed by atoms with Gasteiger partial charge >= 0.3 is 0 Å². The van der Waals surface area contributed by atoms with Crippen LogP contribution in [0.1, 0.15) is 32.1 Å². The lowest BCUT2D eigenvalue weighted by Gasteiger charge is -2.38. The quantitative estimate of drug-likeness (QED) is 0.298. The number of halogens is 2. The number of sulfone groups is 1. The zero-order valence-corrected chi connectivity index (χ0v) is 26.2. The highest BCUT2D eigenvalue weighted by atomic mass is 79.9. The molecule has 15 heteroatoms. The predicted molar refractivity (Wildman–Crippen MR) is 154 cm³/mol. The van der Waals surface area contributed by atoms with Gasteiger partial charge in [-0.15, -0.1) is 0 Å². The largest absolute Gasteiger partial charge is 0.491 e. The maximum Gasteiger partial charge on any atom is 0.244 e. The molecule has 41 heavy (non-hydrogen) atoms. The van der Waals surface area contributed by atoms with E-state index >= 15 is 0 Å². The number of ether oxygens (including phenoxy) is 2. The smallest absolute Gasteiger partial charge is 0.244 e. The zero-order chi connectivity index (χ0) is 29.5. The zero-order valence-electron chi connectivity index (χ0n) is 22.2. The summed E-state index contributed by atoms with van der Waals surface area (Å²) in [6, 6.07) is 7.56. The third-order valence-corrected chi connectivity index (χ3v) is 13.7. The molecule has 1 spiro atoms. The van der Waals surface area contributed by atoms with Gasteiger partial charge in [-0.1, -0.05) is 17.7 Å². The molecule has 1 saturated carbocycles. The third-order valence-electron chi connectivity index (χ3n) is 8.12. The van der Waals surface area contributed by atoms with Gasteiger partial charge in [0.15, 0.2) is 9.84 Å². The van der Waals surface area contributed by atoms with Gasteiger partial charge < -0.3 is 25.0 Å². The molecule has 2 unspecified atom stereocenters. The van der Waals surface area contributed by atoms with Gasteiger partial charge in [0.05, 0.1) is 32.9 Å². The number of rotatable bonds is 11. The van der Waals surface area contributed by atoms with E-state index in [1.54, 1.807) is 12.1 Å². The lowest BCUT2D eigenvalue weighted by molar-refractivity contribution is -0.0312. The van der Waals surface area contributed by atoms with Gasteiger partial charge in [0, 0.05) is 31.9 Å². The summed E-state index contributed by atoms with van der Waals surface area (Å²) < 4.78 is 64.4. The van der Waals surface area contributed by atoms with E-state index in [2.05, 4.69) is 26.2 Å². The fourth-order valence-electron chi connectivity index (χ4n) is 5.34. The van der Waals surface area contributed by atoms with E-state index in [1.165, 1.54) is 28.7 Å². The van der Waals surface area contributed by atoms with Crippen molar-refractivity contribution in [2.24, 2.45) is 0 Å². The number of nitrogens with one attached hydrogen (secondary N) is 1. The number of benzene rings is 1. The molecule has 0 radical (unpaired) electrons. The van der Waals surface area contributed by atoms with Crippen molar-refractivity contribution in [3.8, 4) is 5.75 Å². The average molecular weight is 695 g/mol. The van der Waals surface area contributed by atoms with Gasteiger partial charge in [0.1, 0.15) is 28.5 Å². The molecule has 0 bridgehead atoms. The minimum atomic E-state index is -3.71. The molecule has 3 N–H and O–H groups in total. The first-order chi connectivity index (χ1) is 19.4. The van der Waals surface area contributed by atoms with Crippen LogP contribution in [0.4, 0.5) is 0 Å². The molecule has 1 aromatic carbocycles. The molecular weight excluding hydrogens is 662 g/mol. The van der Waals surface area contributed by atoms with E-state index in [0.29, 0.717) is 62.0 Å². The molecule has 1 aromatic heterocycles. The van der Waals surface area contributed by atoms with E-state index in [-0.39, 0.29) is 34.1 Å². The van der Waals surface area contributed by atoms with Gasteiger partial charge in [-0.05, 0) is 72.3 Å². The number of hydrogen-bond acceptors (Lipinski definition) is 10. The van der Waals surface area contributed by atoms with Crippen molar-refractivity contribution in [2.45, 2.75) is 64.4 Å². The summed E-state index contributed by atoms with van der Waals surface area (Å²) in [7, 11) is -7.38. The first-order valence-corrected chi connectivity index (χ1v) is 17.4. The highest BCUT2D eigenvalue weighted by Crippen LogP contribution is 2.46. The van der Waals surface area contributed by atoms with Crippen LogP contribution < -0.4 is 10.1 Å². The Morgan fingerprint density at radius 1 is 1.17 bits per heavy atom. The Balaban J connectivity index is 1.08. The van der Waals surface area contributed by atoms with E-state index in [4.69, 9.17) is 21.1 Å². The second-order valence-electron chi connectivity index (χ2n) is 10.9. The number of aromatic nitrogens is 1. The van der Waals surface area contributed by atoms with Crippen molar-refractivity contribution >= 4 is 47.4 Å². The number of nitrogens with zero attached hydrogens (tertiary/aromatic N) is 2. The standard InChI is InChI=1S/C26H33BrClN3O8S2/c27-23-11-22(14-30-24(23)28)41(36,37)31-8-6-25(7-9-31)12-18(15-39-25)29-13-19(33)16-38-20-2-1-3-21(10-20)40(34,35)26(17-32)4-5-26/h1-3,10-11,14,18-19,29,32-33H,4-9,12-13,15-17H2. The normalized spacial score (nSPS) is 23.0. The van der Waals surface area contributed by atoms with Crippen molar-refractivity contribution in [1.29, 1.82) is 0 Å². The van der Waals surface area contributed by atoms with Crippen LogP contribution in [0.3, 0.4) is 0 Å². The number of pyridine rings is 1. The number of hydrogen-bond donors (Lipinski definition) is 3. The number of aliphatic hydroxyl groups is 2. The fourth-order valence-corrected chi connectivity index (χ4v) is 9.19. The SMILES string of the molecule is O=S(=O)(c1cnc(Cl)c(Br)c1)N1CCC2(CC1)CC(NCC(O)COc1cccc(S(=O)(=O)C3(CO)CC3)c1)CO2. The predicted octanol–water partition coefficient (Wildman–Crippen LogP) is 2.14. The average Bonchev–Trinajstić information content (AvgIpc) is 3.69. The number of aliphatic hydroxyl groups excluding tert-OH is 2. The molecule has 2 saturated heterocycles.